The Balaban J connectivity index is 1.99. The molecule has 124 valence electrons. The summed E-state index contributed by atoms with van der Waals surface area (Å²) in [5.74, 6) is -1.78. The summed E-state index contributed by atoms with van der Waals surface area (Å²) >= 11 is 6.47. The second-order valence-electron chi connectivity index (χ2n) is 4.85. The number of carbonyl (C=O) groups is 2. The number of anilines is 1. The van der Waals surface area contributed by atoms with Crippen molar-refractivity contribution in [3.63, 3.8) is 0 Å². The van der Waals surface area contributed by atoms with Crippen molar-refractivity contribution in [2.75, 3.05) is 5.32 Å². The second kappa shape index (κ2) is 8.07. The number of halogens is 2. The number of hydrazone groups is 1. The number of hydrogen-bond acceptors (Lipinski definition) is 4. The molecule has 0 atom stereocenters. The molecule has 0 bridgehead atoms. The maximum atomic E-state index is 11.8. The van der Waals surface area contributed by atoms with Crippen molar-refractivity contribution in [2.45, 2.75) is 6.92 Å². The molecule has 0 heterocycles. The van der Waals surface area contributed by atoms with Crippen LogP contribution >= 0.6 is 31.9 Å². The Bertz CT molecular complexity index is 822. The summed E-state index contributed by atoms with van der Waals surface area (Å²) < 4.78 is 1.19. The van der Waals surface area contributed by atoms with E-state index in [0.29, 0.717) is 15.7 Å². The van der Waals surface area contributed by atoms with Gasteiger partial charge in [0.15, 0.2) is 0 Å². The molecule has 24 heavy (non-hydrogen) atoms. The van der Waals surface area contributed by atoms with Crippen LogP contribution in [0.2, 0.25) is 0 Å². The minimum Gasteiger partial charge on any atom is -0.506 e. The molecule has 2 rings (SSSR count). The van der Waals surface area contributed by atoms with E-state index in [9.17, 15) is 14.7 Å². The Hall–Kier alpha value is -2.19. The number of aryl methyl sites for hydroxylation is 1. The zero-order valence-electron chi connectivity index (χ0n) is 12.5. The van der Waals surface area contributed by atoms with E-state index >= 15 is 0 Å². The first-order valence-corrected chi connectivity index (χ1v) is 8.34. The van der Waals surface area contributed by atoms with Gasteiger partial charge in [0.25, 0.3) is 0 Å². The quantitative estimate of drug-likeness (QED) is 0.377. The Morgan fingerprint density at radius 1 is 1.17 bits per heavy atom. The summed E-state index contributed by atoms with van der Waals surface area (Å²) in [5.41, 5.74) is 3.96. The van der Waals surface area contributed by atoms with E-state index in [1.807, 2.05) is 13.0 Å². The number of amides is 2. The Morgan fingerprint density at radius 2 is 1.92 bits per heavy atom. The molecule has 0 saturated carbocycles. The average Bonchev–Trinajstić information content (AvgIpc) is 2.51. The standard InChI is InChI=1S/C16H13Br2N3O3/c1-9-3-2-4-12(5-9)20-15(23)16(24)21-19-8-10-6-11(17)7-13(18)14(10)22/h2-8,22H,1H3,(H,20,23)(H,21,24)/b19-8-. The minimum absolute atomic E-state index is 0.0274. The van der Waals surface area contributed by atoms with Crippen LogP contribution in [0.5, 0.6) is 5.75 Å². The van der Waals surface area contributed by atoms with Crippen molar-refractivity contribution in [1.29, 1.82) is 0 Å². The van der Waals surface area contributed by atoms with Crippen LogP contribution < -0.4 is 10.7 Å². The molecular formula is C16H13Br2N3O3. The average molecular weight is 455 g/mol. The largest absolute Gasteiger partial charge is 0.506 e. The van der Waals surface area contributed by atoms with Gasteiger partial charge in [0.05, 0.1) is 10.7 Å². The highest BCUT2D eigenvalue weighted by atomic mass is 79.9. The Labute approximate surface area is 155 Å². The van der Waals surface area contributed by atoms with Gasteiger partial charge in [-0.3, -0.25) is 9.59 Å². The molecule has 0 unspecified atom stereocenters. The predicted molar refractivity (Wildman–Crippen MR) is 99.1 cm³/mol. The van der Waals surface area contributed by atoms with Crippen molar-refractivity contribution in [3.8, 4) is 5.75 Å². The number of nitrogens with one attached hydrogen (secondary N) is 2. The molecule has 0 aromatic heterocycles. The van der Waals surface area contributed by atoms with Gasteiger partial charge in [0, 0.05) is 15.7 Å². The summed E-state index contributed by atoms with van der Waals surface area (Å²) in [4.78, 5) is 23.5. The van der Waals surface area contributed by atoms with Crippen molar-refractivity contribution in [3.05, 3.63) is 56.5 Å². The van der Waals surface area contributed by atoms with E-state index in [1.165, 1.54) is 6.21 Å². The van der Waals surface area contributed by atoms with Gasteiger partial charge in [0.1, 0.15) is 5.75 Å². The molecule has 2 aromatic carbocycles. The van der Waals surface area contributed by atoms with Crippen LogP contribution in [0, 0.1) is 6.92 Å². The highest BCUT2D eigenvalue weighted by molar-refractivity contribution is 9.11. The van der Waals surface area contributed by atoms with Crippen LogP contribution in [0.15, 0.2) is 50.4 Å². The lowest BCUT2D eigenvalue weighted by Gasteiger charge is -2.05. The number of benzene rings is 2. The summed E-state index contributed by atoms with van der Waals surface area (Å²) in [6.07, 6.45) is 1.24. The smallest absolute Gasteiger partial charge is 0.329 e. The minimum atomic E-state index is -0.915. The van der Waals surface area contributed by atoms with Gasteiger partial charge in [-0.1, -0.05) is 28.1 Å². The highest BCUT2D eigenvalue weighted by Crippen LogP contribution is 2.30. The number of aromatic hydroxyl groups is 1. The van der Waals surface area contributed by atoms with Crippen LogP contribution in [0.4, 0.5) is 5.69 Å². The molecule has 2 amide bonds. The van der Waals surface area contributed by atoms with Crippen molar-refractivity contribution >= 4 is 55.6 Å². The molecule has 2 aromatic rings. The third-order valence-corrected chi connectivity index (χ3v) is 3.97. The van der Waals surface area contributed by atoms with Crippen LogP contribution in [0.3, 0.4) is 0 Å². The maximum absolute atomic E-state index is 11.8. The molecule has 6 nitrogen and oxygen atoms in total. The topological polar surface area (TPSA) is 90.8 Å². The molecular weight excluding hydrogens is 442 g/mol. The molecule has 0 aliphatic rings. The molecule has 0 aliphatic carbocycles. The zero-order valence-corrected chi connectivity index (χ0v) is 15.7. The Morgan fingerprint density at radius 3 is 2.62 bits per heavy atom. The summed E-state index contributed by atoms with van der Waals surface area (Å²) in [6.45, 7) is 1.88. The number of rotatable bonds is 3. The van der Waals surface area contributed by atoms with E-state index in [4.69, 9.17) is 0 Å². The van der Waals surface area contributed by atoms with E-state index in [-0.39, 0.29) is 5.75 Å². The highest BCUT2D eigenvalue weighted by Gasteiger charge is 2.13. The first-order valence-electron chi connectivity index (χ1n) is 6.76. The normalized spacial score (nSPS) is 10.6. The van der Waals surface area contributed by atoms with Crippen LogP contribution in [-0.4, -0.2) is 23.1 Å². The first-order chi connectivity index (χ1) is 11.4. The zero-order chi connectivity index (χ0) is 17.7. The van der Waals surface area contributed by atoms with Gasteiger partial charge >= 0.3 is 11.8 Å². The van der Waals surface area contributed by atoms with E-state index in [1.54, 1.807) is 30.3 Å². The van der Waals surface area contributed by atoms with Crippen molar-refractivity contribution < 1.29 is 14.7 Å². The Kier molecular flexibility index (Phi) is 6.10. The van der Waals surface area contributed by atoms with Crippen LogP contribution in [0.1, 0.15) is 11.1 Å². The summed E-state index contributed by atoms with van der Waals surface area (Å²) in [5, 5.41) is 16.0. The predicted octanol–water partition coefficient (Wildman–Crippen LogP) is 3.31. The van der Waals surface area contributed by atoms with Gasteiger partial charge in [-0.2, -0.15) is 5.10 Å². The van der Waals surface area contributed by atoms with E-state index in [0.717, 1.165) is 10.0 Å². The molecule has 0 spiro atoms. The third kappa shape index (κ3) is 4.90. The van der Waals surface area contributed by atoms with Gasteiger partial charge in [-0.05, 0) is 52.7 Å². The van der Waals surface area contributed by atoms with Gasteiger partial charge in [-0.25, -0.2) is 5.43 Å². The molecule has 0 aliphatic heterocycles. The number of carbonyl (C=O) groups excluding carboxylic acids is 2. The summed E-state index contributed by atoms with van der Waals surface area (Å²) in [6, 6.07) is 10.4. The molecule has 8 heteroatoms. The molecule has 0 radical (unpaired) electrons. The summed E-state index contributed by atoms with van der Waals surface area (Å²) in [7, 11) is 0. The van der Waals surface area contributed by atoms with Gasteiger partial charge in [-0.15, -0.1) is 0 Å². The number of phenolic OH excluding ortho intramolecular Hbond substituents is 1. The monoisotopic (exact) mass is 453 g/mol. The number of phenols is 1. The maximum Gasteiger partial charge on any atom is 0.329 e. The first kappa shape index (κ1) is 18.2. The van der Waals surface area contributed by atoms with E-state index in [2.05, 4.69) is 47.7 Å². The lowest BCUT2D eigenvalue weighted by Crippen LogP contribution is -2.32. The fourth-order valence-electron chi connectivity index (χ4n) is 1.81. The third-order valence-electron chi connectivity index (χ3n) is 2.91. The van der Waals surface area contributed by atoms with Gasteiger partial charge in [0.2, 0.25) is 0 Å². The van der Waals surface area contributed by atoms with Crippen LogP contribution in [0.25, 0.3) is 0 Å². The van der Waals surface area contributed by atoms with Crippen molar-refractivity contribution in [2.24, 2.45) is 5.10 Å². The fourth-order valence-corrected chi connectivity index (χ4v) is 3.06. The molecule has 0 saturated heterocycles. The molecule has 0 fully saturated rings. The van der Waals surface area contributed by atoms with Crippen molar-refractivity contribution in [1.82, 2.24) is 5.43 Å². The second-order valence-corrected chi connectivity index (χ2v) is 6.62. The lowest BCUT2D eigenvalue weighted by atomic mass is 10.2. The van der Waals surface area contributed by atoms with Crippen LogP contribution in [-0.2, 0) is 9.59 Å². The molecule has 3 N–H and O–H groups in total. The van der Waals surface area contributed by atoms with E-state index < -0.39 is 11.8 Å². The number of hydrogen-bond donors (Lipinski definition) is 3. The number of nitrogens with zero attached hydrogens (tertiary/aromatic N) is 1. The van der Waals surface area contributed by atoms with Gasteiger partial charge < -0.3 is 10.4 Å². The fraction of sp³-hybridized carbons (Fsp3) is 0.0625. The lowest BCUT2D eigenvalue weighted by molar-refractivity contribution is -0.136. The SMILES string of the molecule is Cc1cccc(NC(=O)C(=O)N/N=C\c2cc(Br)cc(Br)c2O)c1.